The van der Waals surface area contributed by atoms with Gasteiger partial charge in [-0.1, -0.05) is 0 Å². The Labute approximate surface area is 159 Å². The average Bonchev–Trinajstić information content (AvgIpc) is 3.21. The summed E-state index contributed by atoms with van der Waals surface area (Å²) in [7, 11) is -1.38. The zero-order chi connectivity index (χ0) is 18.8. The van der Waals surface area contributed by atoms with Crippen molar-refractivity contribution in [2.24, 2.45) is 0 Å². The molecule has 0 saturated carbocycles. The maximum Gasteiger partial charge on any atom is 0.197 e. The first-order chi connectivity index (χ1) is 13.1. The van der Waals surface area contributed by atoms with E-state index in [1.54, 1.807) is 12.1 Å². The maximum atomic E-state index is 13.2. The quantitative estimate of drug-likeness (QED) is 0.522. The van der Waals surface area contributed by atoms with Crippen LogP contribution in [0.3, 0.4) is 0 Å². The summed E-state index contributed by atoms with van der Waals surface area (Å²) in [6.45, 7) is 0.00939. The summed E-state index contributed by atoms with van der Waals surface area (Å²) in [5.74, 6) is -0.664. The third-order valence-corrected chi connectivity index (χ3v) is 5.63. The highest BCUT2D eigenvalue weighted by atomic mass is 32.2. The van der Waals surface area contributed by atoms with Crippen LogP contribution in [-0.2, 0) is 23.2 Å². The van der Waals surface area contributed by atoms with Gasteiger partial charge in [-0.15, -0.1) is 11.3 Å². The second-order valence-electron chi connectivity index (χ2n) is 5.75. The first-order valence-electron chi connectivity index (χ1n) is 7.90. The summed E-state index contributed by atoms with van der Waals surface area (Å²) >= 11 is 1.52. The van der Waals surface area contributed by atoms with Crippen LogP contribution in [0, 0.1) is 11.6 Å². The summed E-state index contributed by atoms with van der Waals surface area (Å²) < 4.78 is 44.5. The lowest BCUT2D eigenvalue weighted by Gasteiger charge is -2.08. The summed E-state index contributed by atoms with van der Waals surface area (Å²) in [6.07, 6.45) is 1.54. The number of nitrogens with zero attached hydrogens (tertiary/aromatic N) is 2. The molecule has 9 heteroatoms. The lowest BCUT2D eigenvalue weighted by Crippen LogP contribution is -2.02. The third kappa shape index (κ3) is 4.20. The number of halogens is 2. The number of nitrogens with one attached hydrogen (secondary N) is 1. The smallest absolute Gasteiger partial charge is 0.197 e. The van der Waals surface area contributed by atoms with E-state index in [9.17, 15) is 13.0 Å². The molecule has 4 rings (SSSR count). The summed E-state index contributed by atoms with van der Waals surface area (Å²) in [6, 6.07) is 6.51. The van der Waals surface area contributed by atoms with E-state index in [0.717, 1.165) is 17.1 Å². The van der Waals surface area contributed by atoms with Crippen LogP contribution in [0.5, 0.6) is 5.75 Å². The zero-order valence-electron chi connectivity index (χ0n) is 13.8. The number of benzene rings is 1. The number of imidazole rings is 1. The van der Waals surface area contributed by atoms with Gasteiger partial charge in [-0.25, -0.2) is 13.8 Å². The van der Waals surface area contributed by atoms with E-state index in [-0.39, 0.29) is 12.4 Å². The predicted molar refractivity (Wildman–Crippen MR) is 99.0 cm³/mol. The van der Waals surface area contributed by atoms with Gasteiger partial charge >= 0.3 is 0 Å². The highest BCUT2D eigenvalue weighted by Crippen LogP contribution is 2.20. The number of hydrogen-bond acceptors (Lipinski definition) is 5. The molecule has 5 nitrogen and oxygen atoms in total. The molecule has 1 unspecified atom stereocenters. The van der Waals surface area contributed by atoms with Crippen molar-refractivity contribution >= 4 is 33.2 Å². The highest BCUT2D eigenvalue weighted by Gasteiger charge is 2.12. The van der Waals surface area contributed by atoms with Crippen LogP contribution < -0.4 is 4.74 Å². The molecule has 1 atom stereocenters. The third-order valence-electron chi connectivity index (χ3n) is 3.72. The Morgan fingerprint density at radius 2 is 1.96 bits per heavy atom. The Bertz CT molecular complexity index is 1080. The van der Waals surface area contributed by atoms with Crippen LogP contribution in [0.25, 0.3) is 11.0 Å². The van der Waals surface area contributed by atoms with E-state index in [0.29, 0.717) is 22.2 Å². The molecule has 27 heavy (non-hydrogen) atoms. The van der Waals surface area contributed by atoms with Gasteiger partial charge in [-0.05, 0) is 23.8 Å². The molecular formula is C18H13F2N3O2S2. The largest absolute Gasteiger partial charge is 0.489 e. The Kier molecular flexibility index (Phi) is 4.95. The number of H-pyrrole nitrogens is 1. The van der Waals surface area contributed by atoms with E-state index in [1.165, 1.54) is 29.7 Å². The fourth-order valence-corrected chi connectivity index (χ4v) is 4.20. The zero-order valence-corrected chi connectivity index (χ0v) is 15.4. The molecule has 3 aromatic heterocycles. The monoisotopic (exact) mass is 405 g/mol. The van der Waals surface area contributed by atoms with Crippen LogP contribution in [0.1, 0.15) is 11.3 Å². The second-order valence-corrected chi connectivity index (χ2v) is 7.86. The van der Waals surface area contributed by atoms with Crippen LogP contribution in [0.15, 0.2) is 52.4 Å². The molecule has 0 fully saturated rings. The molecule has 4 aromatic rings. The SMILES string of the molecule is O=S(Cc1cc(OCc2cc(F)cc(F)c2)ccn1)c1nc2cscc2[nH]1. The molecule has 0 aliphatic carbocycles. The number of hydrogen-bond donors (Lipinski definition) is 1. The van der Waals surface area contributed by atoms with E-state index >= 15 is 0 Å². The molecule has 0 aliphatic rings. The molecule has 138 valence electrons. The fraction of sp³-hybridized carbons (Fsp3) is 0.111. The molecule has 1 N–H and O–H groups in total. The standard InChI is InChI=1S/C18H13F2N3O2S2/c19-12-3-11(4-13(20)5-12)7-25-15-1-2-21-14(6-15)10-27(24)18-22-16-8-26-9-17(16)23-18/h1-6,8-9H,7,10H2,(H,22,23). The van der Waals surface area contributed by atoms with Gasteiger partial charge in [0.1, 0.15) is 29.5 Å². The van der Waals surface area contributed by atoms with Crippen molar-refractivity contribution in [2.75, 3.05) is 0 Å². The molecule has 3 heterocycles. The minimum Gasteiger partial charge on any atom is -0.489 e. The first kappa shape index (κ1) is 17.7. The Balaban J connectivity index is 1.43. The number of rotatable bonds is 6. The van der Waals surface area contributed by atoms with Gasteiger partial charge < -0.3 is 9.72 Å². The molecule has 0 aliphatic heterocycles. The van der Waals surface area contributed by atoms with Crippen molar-refractivity contribution in [1.29, 1.82) is 0 Å². The van der Waals surface area contributed by atoms with Gasteiger partial charge in [-0.3, -0.25) is 9.19 Å². The van der Waals surface area contributed by atoms with E-state index in [1.807, 2.05) is 10.8 Å². The van der Waals surface area contributed by atoms with Crippen molar-refractivity contribution in [3.05, 3.63) is 70.2 Å². The molecule has 0 amide bonds. The molecule has 0 saturated heterocycles. The Morgan fingerprint density at radius 1 is 1.15 bits per heavy atom. The molecule has 1 aromatic carbocycles. The highest BCUT2D eigenvalue weighted by molar-refractivity contribution is 7.84. The lowest BCUT2D eigenvalue weighted by atomic mass is 10.2. The summed E-state index contributed by atoms with van der Waals surface area (Å²) in [5, 5.41) is 4.19. The van der Waals surface area contributed by atoms with Crippen molar-refractivity contribution in [3.63, 3.8) is 0 Å². The first-order valence-corrected chi connectivity index (χ1v) is 10.2. The van der Waals surface area contributed by atoms with E-state index < -0.39 is 22.4 Å². The van der Waals surface area contributed by atoms with Crippen molar-refractivity contribution in [3.8, 4) is 5.75 Å². The molecule has 0 spiro atoms. The van der Waals surface area contributed by atoms with Crippen LogP contribution in [-0.4, -0.2) is 19.2 Å². The minimum absolute atomic E-state index is 0.00939. The van der Waals surface area contributed by atoms with E-state index in [2.05, 4.69) is 15.0 Å². The summed E-state index contributed by atoms with van der Waals surface area (Å²) in [4.78, 5) is 11.5. The van der Waals surface area contributed by atoms with Gasteiger partial charge in [0, 0.05) is 29.1 Å². The topological polar surface area (TPSA) is 67.9 Å². The predicted octanol–water partition coefficient (Wildman–Crippen LogP) is 4.18. The normalized spacial score (nSPS) is 12.4. The van der Waals surface area contributed by atoms with Crippen molar-refractivity contribution < 1.29 is 17.7 Å². The minimum atomic E-state index is -1.38. The van der Waals surface area contributed by atoms with Gasteiger partial charge in [-0.2, -0.15) is 0 Å². The number of thiophene rings is 1. The number of aromatic amines is 1. The Hall–Kier alpha value is -2.65. The summed E-state index contributed by atoms with van der Waals surface area (Å²) in [5.41, 5.74) is 2.59. The number of ether oxygens (including phenoxy) is 1. The van der Waals surface area contributed by atoms with Gasteiger partial charge in [0.05, 0.1) is 27.8 Å². The number of pyridine rings is 1. The van der Waals surface area contributed by atoms with Gasteiger partial charge in [0.15, 0.2) is 5.16 Å². The van der Waals surface area contributed by atoms with Crippen molar-refractivity contribution in [2.45, 2.75) is 17.5 Å². The lowest BCUT2D eigenvalue weighted by molar-refractivity contribution is 0.304. The fourth-order valence-electron chi connectivity index (χ4n) is 2.52. The average molecular weight is 405 g/mol. The van der Waals surface area contributed by atoms with Crippen LogP contribution >= 0.6 is 11.3 Å². The van der Waals surface area contributed by atoms with Crippen molar-refractivity contribution in [1.82, 2.24) is 15.0 Å². The maximum absolute atomic E-state index is 13.2. The number of fused-ring (bicyclic) bond motifs is 1. The number of aromatic nitrogens is 3. The Morgan fingerprint density at radius 3 is 2.74 bits per heavy atom. The van der Waals surface area contributed by atoms with Gasteiger partial charge in [0.25, 0.3) is 0 Å². The molecule has 0 bridgehead atoms. The molecular weight excluding hydrogens is 392 g/mol. The second kappa shape index (κ2) is 7.53. The van der Waals surface area contributed by atoms with E-state index in [4.69, 9.17) is 4.74 Å². The molecule has 0 radical (unpaired) electrons. The van der Waals surface area contributed by atoms with Crippen LogP contribution in [0.2, 0.25) is 0 Å². The van der Waals surface area contributed by atoms with Gasteiger partial charge in [0.2, 0.25) is 0 Å². The van der Waals surface area contributed by atoms with Crippen LogP contribution in [0.4, 0.5) is 8.78 Å².